The van der Waals surface area contributed by atoms with Crippen LogP contribution >= 0.6 is 0 Å². The molecule has 2 heterocycles. The molecule has 22 heavy (non-hydrogen) atoms. The van der Waals surface area contributed by atoms with E-state index in [0.29, 0.717) is 18.1 Å². The van der Waals surface area contributed by atoms with E-state index < -0.39 is 0 Å². The number of carbonyl (C=O) groups is 1. The van der Waals surface area contributed by atoms with Gasteiger partial charge in [-0.3, -0.25) is 9.48 Å². The summed E-state index contributed by atoms with van der Waals surface area (Å²) in [4.78, 5) is 12.3. The lowest BCUT2D eigenvalue weighted by molar-refractivity contribution is 0.101. The molecule has 3 aromatic rings. The number of rotatable bonds is 4. The highest BCUT2D eigenvalue weighted by atomic mass is 16.2. The summed E-state index contributed by atoms with van der Waals surface area (Å²) in [5, 5.41) is 11.3. The van der Waals surface area contributed by atoms with Gasteiger partial charge in [0.15, 0.2) is 0 Å². The van der Waals surface area contributed by atoms with Gasteiger partial charge in [-0.05, 0) is 18.6 Å². The Morgan fingerprint density at radius 3 is 2.68 bits per heavy atom. The highest BCUT2D eigenvalue weighted by molar-refractivity contribution is 6.02. The number of hydrogen-bond acceptors (Lipinski definition) is 3. The van der Waals surface area contributed by atoms with Crippen molar-refractivity contribution in [1.29, 1.82) is 0 Å². The van der Waals surface area contributed by atoms with Crippen molar-refractivity contribution in [1.82, 2.24) is 19.6 Å². The van der Waals surface area contributed by atoms with Gasteiger partial charge in [-0.2, -0.15) is 10.2 Å². The molecule has 6 heteroatoms. The fourth-order valence-electron chi connectivity index (χ4n) is 2.30. The first-order valence-corrected chi connectivity index (χ1v) is 7.01. The summed E-state index contributed by atoms with van der Waals surface area (Å²) in [7, 11) is 1.74. The molecule has 1 aromatic carbocycles. The van der Waals surface area contributed by atoms with Crippen LogP contribution in [0.2, 0.25) is 0 Å². The van der Waals surface area contributed by atoms with E-state index in [1.807, 2.05) is 43.3 Å². The molecule has 0 saturated heterocycles. The Bertz CT molecular complexity index is 788. The van der Waals surface area contributed by atoms with E-state index in [-0.39, 0.29) is 5.91 Å². The van der Waals surface area contributed by atoms with E-state index in [9.17, 15) is 4.79 Å². The number of amides is 1. The smallest absolute Gasteiger partial charge is 0.275 e. The van der Waals surface area contributed by atoms with Gasteiger partial charge in [0.2, 0.25) is 0 Å². The van der Waals surface area contributed by atoms with Crippen LogP contribution in [0.5, 0.6) is 0 Å². The number of carbonyl (C=O) groups excluding carboxylic acids is 1. The Labute approximate surface area is 128 Å². The van der Waals surface area contributed by atoms with Crippen molar-refractivity contribution in [2.45, 2.75) is 13.5 Å². The third-order valence-electron chi connectivity index (χ3n) is 3.37. The van der Waals surface area contributed by atoms with Crippen molar-refractivity contribution in [3.05, 3.63) is 65.6 Å². The highest BCUT2D eigenvalue weighted by Gasteiger charge is 2.14. The Hall–Kier alpha value is -2.89. The van der Waals surface area contributed by atoms with Crippen LogP contribution in [-0.2, 0) is 13.6 Å². The molecule has 1 N–H and O–H groups in total. The number of benzene rings is 1. The van der Waals surface area contributed by atoms with Crippen LogP contribution in [0.15, 0.2) is 48.7 Å². The van der Waals surface area contributed by atoms with E-state index in [4.69, 9.17) is 0 Å². The van der Waals surface area contributed by atoms with Gasteiger partial charge in [0, 0.05) is 19.3 Å². The molecule has 0 radical (unpaired) electrons. The number of anilines is 1. The van der Waals surface area contributed by atoms with Gasteiger partial charge >= 0.3 is 0 Å². The van der Waals surface area contributed by atoms with Crippen molar-refractivity contribution < 1.29 is 4.79 Å². The van der Waals surface area contributed by atoms with E-state index in [2.05, 4.69) is 15.5 Å². The Balaban J connectivity index is 1.82. The van der Waals surface area contributed by atoms with Crippen molar-refractivity contribution in [2.75, 3.05) is 5.32 Å². The molecule has 0 saturated carbocycles. The first-order chi connectivity index (χ1) is 10.6. The topological polar surface area (TPSA) is 64.7 Å². The number of aromatic nitrogens is 4. The quantitative estimate of drug-likeness (QED) is 0.802. The molecule has 0 unspecified atom stereocenters. The number of nitrogens with one attached hydrogen (secondary N) is 1. The molecule has 1 amide bonds. The standard InChI is InChI=1S/C16H17N5O/c1-12-10-15(18-16(22)14-8-9-17-20(14)2)21(19-12)11-13-6-4-3-5-7-13/h3-10H,11H2,1-2H3,(H,18,22). The SMILES string of the molecule is Cc1cc(NC(=O)c2ccnn2C)n(Cc2ccccc2)n1. The summed E-state index contributed by atoms with van der Waals surface area (Å²) in [5.41, 5.74) is 2.49. The molecule has 2 aromatic heterocycles. The summed E-state index contributed by atoms with van der Waals surface area (Å²) in [6.45, 7) is 2.51. The molecule has 0 spiro atoms. The second-order valence-electron chi connectivity index (χ2n) is 5.11. The third kappa shape index (κ3) is 2.90. The summed E-state index contributed by atoms with van der Waals surface area (Å²) in [6.07, 6.45) is 1.60. The summed E-state index contributed by atoms with van der Waals surface area (Å²) < 4.78 is 3.33. The van der Waals surface area contributed by atoms with Crippen LogP contribution in [0.25, 0.3) is 0 Å². The van der Waals surface area contributed by atoms with Crippen LogP contribution in [0.1, 0.15) is 21.7 Å². The lowest BCUT2D eigenvalue weighted by atomic mass is 10.2. The monoisotopic (exact) mass is 295 g/mol. The van der Waals surface area contributed by atoms with Crippen LogP contribution in [0, 0.1) is 6.92 Å². The largest absolute Gasteiger partial charge is 0.305 e. The maximum atomic E-state index is 12.3. The van der Waals surface area contributed by atoms with Crippen LogP contribution < -0.4 is 5.32 Å². The van der Waals surface area contributed by atoms with Gasteiger partial charge < -0.3 is 5.32 Å². The van der Waals surface area contributed by atoms with Crippen molar-refractivity contribution in [2.24, 2.45) is 7.05 Å². The predicted molar refractivity (Wildman–Crippen MR) is 83.7 cm³/mol. The van der Waals surface area contributed by atoms with Gasteiger partial charge in [0.25, 0.3) is 5.91 Å². The molecular formula is C16H17N5O. The van der Waals surface area contributed by atoms with Crippen molar-refractivity contribution >= 4 is 11.7 Å². The minimum absolute atomic E-state index is 0.200. The second-order valence-corrected chi connectivity index (χ2v) is 5.11. The first kappa shape index (κ1) is 14.1. The van der Waals surface area contributed by atoms with Crippen LogP contribution in [0.3, 0.4) is 0 Å². The predicted octanol–water partition coefficient (Wildman–Crippen LogP) is 2.23. The zero-order chi connectivity index (χ0) is 15.5. The molecule has 6 nitrogen and oxygen atoms in total. The Kier molecular flexibility index (Phi) is 3.74. The van der Waals surface area contributed by atoms with E-state index in [0.717, 1.165) is 11.3 Å². The molecule has 0 aliphatic rings. The van der Waals surface area contributed by atoms with Gasteiger partial charge in [0.1, 0.15) is 11.5 Å². The maximum Gasteiger partial charge on any atom is 0.275 e. The normalized spacial score (nSPS) is 10.6. The molecule has 112 valence electrons. The summed E-state index contributed by atoms with van der Waals surface area (Å²) >= 11 is 0. The van der Waals surface area contributed by atoms with Crippen molar-refractivity contribution in [3.8, 4) is 0 Å². The van der Waals surface area contributed by atoms with Crippen molar-refractivity contribution in [3.63, 3.8) is 0 Å². The Morgan fingerprint density at radius 2 is 2.00 bits per heavy atom. The molecule has 0 aliphatic heterocycles. The lowest BCUT2D eigenvalue weighted by Crippen LogP contribution is -2.19. The highest BCUT2D eigenvalue weighted by Crippen LogP contribution is 2.14. The third-order valence-corrected chi connectivity index (χ3v) is 3.37. The van der Waals surface area contributed by atoms with E-state index in [1.54, 1.807) is 28.7 Å². The minimum atomic E-state index is -0.200. The Morgan fingerprint density at radius 1 is 1.23 bits per heavy atom. The van der Waals surface area contributed by atoms with Gasteiger partial charge in [-0.15, -0.1) is 0 Å². The van der Waals surface area contributed by atoms with E-state index >= 15 is 0 Å². The number of nitrogens with zero attached hydrogens (tertiary/aromatic N) is 4. The zero-order valence-corrected chi connectivity index (χ0v) is 12.5. The second kappa shape index (κ2) is 5.85. The number of aryl methyl sites for hydroxylation is 2. The fraction of sp³-hybridized carbons (Fsp3) is 0.188. The lowest BCUT2D eigenvalue weighted by Gasteiger charge is -2.09. The molecule has 0 bridgehead atoms. The van der Waals surface area contributed by atoms with Gasteiger partial charge in [-0.25, -0.2) is 4.68 Å². The molecule has 0 fully saturated rings. The fourth-order valence-corrected chi connectivity index (χ4v) is 2.30. The van der Waals surface area contributed by atoms with Gasteiger partial charge in [0.05, 0.1) is 12.2 Å². The molecule has 0 aliphatic carbocycles. The molecule has 3 rings (SSSR count). The average molecular weight is 295 g/mol. The average Bonchev–Trinajstić information content (AvgIpc) is 3.06. The van der Waals surface area contributed by atoms with Crippen LogP contribution in [0.4, 0.5) is 5.82 Å². The van der Waals surface area contributed by atoms with Crippen LogP contribution in [-0.4, -0.2) is 25.5 Å². The molecular weight excluding hydrogens is 278 g/mol. The maximum absolute atomic E-state index is 12.3. The first-order valence-electron chi connectivity index (χ1n) is 7.01. The molecule has 0 atom stereocenters. The number of hydrogen-bond donors (Lipinski definition) is 1. The zero-order valence-electron chi connectivity index (χ0n) is 12.5. The summed E-state index contributed by atoms with van der Waals surface area (Å²) in [6, 6.07) is 13.5. The minimum Gasteiger partial charge on any atom is -0.305 e. The summed E-state index contributed by atoms with van der Waals surface area (Å²) in [5.74, 6) is 0.474. The van der Waals surface area contributed by atoms with E-state index in [1.165, 1.54) is 0 Å². The van der Waals surface area contributed by atoms with Gasteiger partial charge in [-0.1, -0.05) is 30.3 Å².